The number of thiol groups is 3. The maximum atomic E-state index is 10.5. The monoisotopic (exact) mass is 1340 g/mol. The van der Waals surface area contributed by atoms with Crippen molar-refractivity contribution in [2.75, 3.05) is 134 Å². The Balaban J connectivity index is -0.000000107. The van der Waals surface area contributed by atoms with Crippen molar-refractivity contribution in [3.63, 3.8) is 0 Å². The van der Waals surface area contributed by atoms with E-state index in [1.807, 2.05) is 39.3 Å². The molecule has 0 aromatic rings. The number of rotatable bonds is 34. The second-order valence-corrected chi connectivity index (χ2v) is 25.7. The number of nitrogens with one attached hydrogen (secondary N) is 5. The minimum Gasteiger partial charge on any atom is -0.387 e. The van der Waals surface area contributed by atoms with Gasteiger partial charge in [0, 0.05) is 148 Å². The number of nitrogens with zero attached hydrogens (tertiary/aromatic N) is 5. The molecule has 0 radical (unpaired) electrons. The van der Waals surface area contributed by atoms with E-state index in [1.165, 1.54) is 54.1 Å². The van der Waals surface area contributed by atoms with Crippen LogP contribution in [0.25, 0.3) is 0 Å². The highest BCUT2D eigenvalue weighted by molar-refractivity contribution is 8.77. The van der Waals surface area contributed by atoms with Crippen LogP contribution in [0.1, 0.15) is 124 Å². The summed E-state index contributed by atoms with van der Waals surface area (Å²) in [5, 5.41) is 23.3. The molecule has 21 nitrogen and oxygen atoms in total. The van der Waals surface area contributed by atoms with Gasteiger partial charge in [0.2, 0.25) is 17.7 Å². The first kappa shape index (κ1) is 98.5. The predicted octanol–water partition coefficient (Wildman–Crippen LogP) is 7.52. The Labute approximate surface area is 537 Å². The van der Waals surface area contributed by atoms with Crippen molar-refractivity contribution in [2.24, 2.45) is 70.8 Å². The number of carbonyl (C=O) groups is 3. The van der Waals surface area contributed by atoms with Gasteiger partial charge in [0.1, 0.15) is 0 Å². The topological polar surface area (TPSA) is 405 Å². The van der Waals surface area contributed by atoms with Crippen LogP contribution in [0.15, 0.2) is 25.0 Å². The number of nitrogens with two attached hydrogens (primary N) is 8. The summed E-state index contributed by atoms with van der Waals surface area (Å²) in [6.07, 6.45) is 14.7. The van der Waals surface area contributed by atoms with Crippen LogP contribution in [-0.2, 0) is 14.4 Å². The van der Waals surface area contributed by atoms with Crippen molar-refractivity contribution >= 4 is 172 Å². The number of hydrogen-bond acceptors (Lipinski definition) is 23. The molecule has 0 spiro atoms. The molecular formula is C50H116N18O3S10. The molecular weight excluding hydrogens is 1220 g/mol. The molecule has 31 heteroatoms. The van der Waals surface area contributed by atoms with Crippen LogP contribution >= 0.6 is 114 Å². The second kappa shape index (κ2) is 92.2. The van der Waals surface area contributed by atoms with E-state index in [0.717, 1.165) is 201 Å². The number of hydrogen-bond donors (Lipinski definition) is 16. The summed E-state index contributed by atoms with van der Waals surface area (Å²) in [4.78, 5) is 50.8. The molecule has 0 saturated carbocycles. The number of thioether (sulfide) groups is 1. The van der Waals surface area contributed by atoms with Crippen molar-refractivity contribution in [2.45, 2.75) is 124 Å². The Morgan fingerprint density at radius 1 is 0.481 bits per heavy atom. The second-order valence-electron chi connectivity index (χ2n) is 15.1. The van der Waals surface area contributed by atoms with Crippen molar-refractivity contribution < 1.29 is 14.4 Å². The first-order valence-corrected chi connectivity index (χ1v) is 37.0. The van der Waals surface area contributed by atoms with Crippen LogP contribution in [0.2, 0.25) is 0 Å². The van der Waals surface area contributed by atoms with Gasteiger partial charge < -0.3 is 67.2 Å². The van der Waals surface area contributed by atoms with E-state index in [4.69, 9.17) is 39.5 Å². The first-order chi connectivity index (χ1) is 38.8. The van der Waals surface area contributed by atoms with Crippen molar-refractivity contribution in [1.29, 1.82) is 10.8 Å². The van der Waals surface area contributed by atoms with Gasteiger partial charge in [-0.15, -0.1) is 11.8 Å². The van der Waals surface area contributed by atoms with Gasteiger partial charge in [0.05, 0.1) is 34.2 Å². The molecule has 1 heterocycles. The van der Waals surface area contributed by atoms with Crippen molar-refractivity contribution in [1.82, 2.24) is 16.0 Å². The molecule has 3 amide bonds. The van der Waals surface area contributed by atoms with Crippen LogP contribution in [-0.4, -0.2) is 191 Å². The van der Waals surface area contributed by atoms with Crippen LogP contribution in [0.4, 0.5) is 0 Å². The minimum absolute atomic E-state index is 0.0348. The molecule has 484 valence electrons. The molecule has 0 aromatic heterocycles. The zero-order chi connectivity index (χ0) is 64.2. The average Bonchev–Trinajstić information content (AvgIpc) is 3.97. The third kappa shape index (κ3) is 118. The van der Waals surface area contributed by atoms with Crippen molar-refractivity contribution in [3.05, 3.63) is 0 Å². The summed E-state index contributed by atoms with van der Waals surface area (Å²) in [5.74, 6) is 13.6. The minimum atomic E-state index is 0.0348. The molecule has 81 heavy (non-hydrogen) atoms. The number of amides is 3. The molecule has 0 atom stereocenters. The number of carbonyl (C=O) groups excluding carboxylic acids is 3. The number of aliphatic imine (C=N–C) groups is 5. The van der Waals surface area contributed by atoms with E-state index >= 15 is 0 Å². The Morgan fingerprint density at radius 2 is 0.728 bits per heavy atom. The lowest BCUT2D eigenvalue weighted by atomic mass is 10.2. The largest absolute Gasteiger partial charge is 0.387 e. The van der Waals surface area contributed by atoms with Gasteiger partial charge in [0.15, 0.2) is 0 Å². The Bertz CT molecular complexity index is 1390. The van der Waals surface area contributed by atoms with Crippen LogP contribution in [0.3, 0.4) is 0 Å². The molecule has 1 aliphatic rings. The Kier molecular flexibility index (Phi) is 112. The van der Waals surface area contributed by atoms with Gasteiger partial charge in [-0.25, -0.2) is 0 Å². The molecule has 0 bridgehead atoms. The molecule has 1 aliphatic heterocycles. The SMILES string of the molecule is CCC(=N)CCCS.CN.CN.CN.CN=C(N)CCCS.CN=C(N)CCCS.CN=C(N)CCCSSCCNC(C)=O.CN=C(N)CCCSSCCNC(C)=O.CN=C(N)CCCSSCCNC(C)=O.N=C1CCCS1. The highest BCUT2D eigenvalue weighted by Crippen LogP contribution is 2.23. The van der Waals surface area contributed by atoms with Gasteiger partial charge in [-0.05, 0) is 108 Å². The summed E-state index contributed by atoms with van der Waals surface area (Å²) >= 11 is 13.8. The van der Waals surface area contributed by atoms with Gasteiger partial charge in [-0.1, -0.05) is 71.7 Å². The smallest absolute Gasteiger partial charge is 0.216 e. The van der Waals surface area contributed by atoms with E-state index in [-0.39, 0.29) is 17.7 Å². The molecule has 21 N–H and O–H groups in total. The fraction of sp³-hybridized carbons (Fsp3) is 0.800. The Hall–Kier alpha value is -1.52. The Morgan fingerprint density at radius 3 is 0.914 bits per heavy atom. The predicted molar refractivity (Wildman–Crippen MR) is 393 cm³/mol. The highest BCUT2D eigenvalue weighted by Gasteiger charge is 2.04. The van der Waals surface area contributed by atoms with E-state index in [2.05, 4.69) is 96.0 Å². The van der Waals surface area contributed by atoms with Gasteiger partial charge in [-0.2, -0.15) is 37.9 Å². The van der Waals surface area contributed by atoms with E-state index in [0.29, 0.717) is 0 Å². The van der Waals surface area contributed by atoms with Crippen LogP contribution in [0, 0.1) is 10.8 Å². The molecule has 1 fully saturated rings. The lowest BCUT2D eigenvalue weighted by Crippen LogP contribution is -2.22. The quantitative estimate of drug-likeness (QED) is 0.00973. The lowest BCUT2D eigenvalue weighted by Gasteiger charge is -2.02. The molecule has 0 aromatic carbocycles. The van der Waals surface area contributed by atoms with E-state index in [1.54, 1.807) is 79.4 Å². The third-order valence-corrected chi connectivity index (χ3v) is 17.9. The summed E-state index contributed by atoms with van der Waals surface area (Å²) in [6, 6.07) is 0. The summed E-state index contributed by atoms with van der Waals surface area (Å²) in [5.41, 5.74) is 41.8. The average molecular weight is 1340 g/mol. The molecule has 0 aliphatic carbocycles. The van der Waals surface area contributed by atoms with Crippen molar-refractivity contribution in [3.8, 4) is 0 Å². The lowest BCUT2D eigenvalue weighted by molar-refractivity contribution is -0.119. The fourth-order valence-corrected chi connectivity index (χ4v) is 11.4. The zero-order valence-corrected chi connectivity index (χ0v) is 60.0. The molecule has 0 unspecified atom stereocenters. The molecule has 1 rings (SSSR count). The first-order valence-electron chi connectivity index (χ1n) is 26.7. The summed E-state index contributed by atoms with van der Waals surface area (Å²) in [7, 11) is 23.8. The number of amidine groups is 5. The zero-order valence-electron chi connectivity index (χ0n) is 51.6. The van der Waals surface area contributed by atoms with Gasteiger partial charge in [-0.3, -0.25) is 44.8 Å². The maximum absolute atomic E-state index is 10.5. The van der Waals surface area contributed by atoms with E-state index < -0.39 is 0 Å². The fourth-order valence-electron chi connectivity index (χ4n) is 4.15. The van der Waals surface area contributed by atoms with E-state index in [9.17, 15) is 14.4 Å². The standard InChI is InChI=1S/3C9H19N3OS2.C6H13NS.2C5H12N2S.C4H7NS.3CH5N/c3*1-8(13)12-5-7-15-14-6-3-4-9(10)11-2;1-2-6(7)4-3-5-8;2*1-7-5(6)3-2-4-8;5-4-2-1-3-6-4;3*1-2/h3*3-7H2,1-2H3,(H2,10,11)(H,12,13);7-8H,2-5H2,1H3;2*8H,2-4H2,1H3,(H2,6,7);5H,1-3H2;3*2H2,1H3. The summed E-state index contributed by atoms with van der Waals surface area (Å²) in [6.45, 7) is 8.84. The van der Waals surface area contributed by atoms with Gasteiger partial charge in [0.25, 0.3) is 0 Å². The normalized spacial score (nSPS) is 11.5. The molecule has 1 saturated heterocycles. The van der Waals surface area contributed by atoms with Crippen LogP contribution in [0.5, 0.6) is 0 Å². The highest BCUT2D eigenvalue weighted by atomic mass is 33.1. The third-order valence-electron chi connectivity index (χ3n) is 8.42. The summed E-state index contributed by atoms with van der Waals surface area (Å²) < 4.78 is 0. The van der Waals surface area contributed by atoms with Crippen LogP contribution < -0.4 is 61.8 Å². The van der Waals surface area contributed by atoms with Gasteiger partial charge >= 0.3 is 0 Å². The maximum Gasteiger partial charge on any atom is 0.216 e.